The van der Waals surface area contributed by atoms with Crippen LogP contribution in [-0.2, 0) is 16.1 Å². The third kappa shape index (κ3) is 5.29. The highest BCUT2D eigenvalue weighted by Crippen LogP contribution is 2.17. The Balaban J connectivity index is 2.37. The lowest BCUT2D eigenvalue weighted by Gasteiger charge is -2.06. The third-order valence-corrected chi connectivity index (χ3v) is 2.45. The van der Waals surface area contributed by atoms with Crippen LogP contribution in [0.5, 0.6) is 0 Å². The van der Waals surface area contributed by atoms with Gasteiger partial charge >= 0.3 is 5.69 Å². The Hall–Kier alpha value is -2.06. The molecule has 1 aromatic carbocycles. The summed E-state index contributed by atoms with van der Waals surface area (Å²) in [5.41, 5.74) is -0.0381. The number of benzene rings is 1. The fourth-order valence-electron chi connectivity index (χ4n) is 1.48. The van der Waals surface area contributed by atoms with E-state index in [1.54, 1.807) is 0 Å². The van der Waals surface area contributed by atoms with Crippen LogP contribution >= 0.6 is 0 Å². The molecule has 0 unspecified atom stereocenters. The van der Waals surface area contributed by atoms with Gasteiger partial charge in [0.1, 0.15) is 0 Å². The highest BCUT2D eigenvalue weighted by atomic mass is 19.1. The van der Waals surface area contributed by atoms with Gasteiger partial charge in [0.05, 0.1) is 18.1 Å². The minimum absolute atomic E-state index is 0.0717. The van der Waals surface area contributed by atoms with Crippen LogP contribution in [0.15, 0.2) is 18.2 Å². The number of hydrogen-bond donors (Lipinski definition) is 2. The topological polar surface area (TPSA) is 93.5 Å². The van der Waals surface area contributed by atoms with Crippen LogP contribution < -0.4 is 10.6 Å². The van der Waals surface area contributed by atoms with Crippen molar-refractivity contribution in [2.75, 3.05) is 26.8 Å². The van der Waals surface area contributed by atoms with Gasteiger partial charge in [0.25, 0.3) is 0 Å². The predicted octanol–water partition coefficient (Wildman–Crippen LogP) is 0.586. The van der Waals surface area contributed by atoms with Crippen molar-refractivity contribution < 1.29 is 18.8 Å². The molecule has 0 bridgehead atoms. The first-order valence-corrected chi connectivity index (χ1v) is 5.93. The largest absolute Gasteiger partial charge is 0.383 e. The van der Waals surface area contributed by atoms with Crippen molar-refractivity contribution in [3.63, 3.8) is 0 Å². The molecule has 0 aliphatic carbocycles. The van der Waals surface area contributed by atoms with Gasteiger partial charge in [-0.05, 0) is 11.6 Å². The van der Waals surface area contributed by atoms with Gasteiger partial charge in [0.2, 0.25) is 11.7 Å². The van der Waals surface area contributed by atoms with Crippen LogP contribution in [0, 0.1) is 15.9 Å². The van der Waals surface area contributed by atoms with Gasteiger partial charge in [-0.3, -0.25) is 14.9 Å². The van der Waals surface area contributed by atoms with E-state index in [1.807, 2.05) is 0 Å². The second-order valence-corrected chi connectivity index (χ2v) is 3.99. The smallest absolute Gasteiger partial charge is 0.304 e. The molecule has 0 fully saturated rings. The van der Waals surface area contributed by atoms with Crippen LogP contribution in [-0.4, -0.2) is 37.6 Å². The van der Waals surface area contributed by atoms with Gasteiger partial charge < -0.3 is 15.4 Å². The van der Waals surface area contributed by atoms with E-state index in [2.05, 4.69) is 10.6 Å². The molecule has 0 atom stereocenters. The summed E-state index contributed by atoms with van der Waals surface area (Å²) in [7, 11) is 1.54. The van der Waals surface area contributed by atoms with E-state index < -0.39 is 16.4 Å². The van der Waals surface area contributed by atoms with Gasteiger partial charge in [-0.15, -0.1) is 0 Å². The van der Waals surface area contributed by atoms with Crippen LogP contribution in [0.3, 0.4) is 0 Å². The number of ether oxygens (including phenoxy) is 1. The first-order chi connectivity index (χ1) is 9.54. The number of halogens is 1. The summed E-state index contributed by atoms with van der Waals surface area (Å²) in [5, 5.41) is 15.9. The summed E-state index contributed by atoms with van der Waals surface area (Å²) in [6, 6.07) is 3.62. The zero-order valence-electron chi connectivity index (χ0n) is 11.0. The average Bonchev–Trinajstić information content (AvgIpc) is 2.38. The van der Waals surface area contributed by atoms with E-state index in [0.29, 0.717) is 18.7 Å². The Kier molecular flexibility index (Phi) is 6.54. The van der Waals surface area contributed by atoms with Crippen molar-refractivity contribution in [2.45, 2.75) is 6.54 Å². The molecule has 0 aliphatic heterocycles. The SMILES string of the molecule is COCCNC(=O)CNCc1ccc([N+](=O)[O-])c(F)c1. The van der Waals surface area contributed by atoms with Crippen molar-refractivity contribution >= 4 is 11.6 Å². The summed E-state index contributed by atoms with van der Waals surface area (Å²) in [5.74, 6) is -1.09. The van der Waals surface area contributed by atoms with E-state index in [4.69, 9.17) is 4.74 Å². The van der Waals surface area contributed by atoms with E-state index in [0.717, 1.165) is 12.1 Å². The summed E-state index contributed by atoms with van der Waals surface area (Å²) in [6.45, 7) is 1.16. The quantitative estimate of drug-likeness (QED) is 0.414. The minimum atomic E-state index is -0.890. The molecule has 1 amide bonds. The Morgan fingerprint density at radius 3 is 2.85 bits per heavy atom. The maximum absolute atomic E-state index is 13.3. The fraction of sp³-hybridized carbons (Fsp3) is 0.417. The Morgan fingerprint density at radius 1 is 1.50 bits per heavy atom. The zero-order chi connectivity index (χ0) is 15.0. The summed E-state index contributed by atoms with van der Waals surface area (Å²) in [4.78, 5) is 21.0. The monoisotopic (exact) mass is 285 g/mol. The zero-order valence-corrected chi connectivity index (χ0v) is 11.0. The fourth-order valence-corrected chi connectivity index (χ4v) is 1.48. The van der Waals surface area contributed by atoms with Crippen molar-refractivity contribution in [1.82, 2.24) is 10.6 Å². The molecule has 8 heteroatoms. The number of nitro benzene ring substituents is 1. The number of carbonyl (C=O) groups is 1. The highest BCUT2D eigenvalue weighted by Gasteiger charge is 2.13. The summed E-state index contributed by atoms with van der Waals surface area (Å²) in [6.07, 6.45) is 0. The molecule has 0 saturated carbocycles. The minimum Gasteiger partial charge on any atom is -0.383 e. The molecule has 0 spiro atoms. The van der Waals surface area contributed by atoms with Crippen molar-refractivity contribution in [2.24, 2.45) is 0 Å². The van der Waals surface area contributed by atoms with Gasteiger partial charge in [-0.25, -0.2) is 0 Å². The van der Waals surface area contributed by atoms with Crippen LogP contribution in [0.25, 0.3) is 0 Å². The lowest BCUT2D eigenvalue weighted by molar-refractivity contribution is -0.387. The average molecular weight is 285 g/mol. The molecule has 1 rings (SSSR count). The van der Waals surface area contributed by atoms with Gasteiger partial charge in [0, 0.05) is 26.3 Å². The lowest BCUT2D eigenvalue weighted by atomic mass is 10.2. The molecule has 0 radical (unpaired) electrons. The lowest BCUT2D eigenvalue weighted by Crippen LogP contribution is -2.35. The van der Waals surface area contributed by atoms with Crippen molar-refractivity contribution in [3.05, 3.63) is 39.7 Å². The number of carbonyl (C=O) groups excluding carboxylic acids is 1. The predicted molar refractivity (Wildman–Crippen MR) is 69.6 cm³/mol. The number of amides is 1. The molecular formula is C12H16FN3O4. The molecule has 0 aliphatic rings. The Morgan fingerprint density at radius 2 is 2.25 bits per heavy atom. The first-order valence-electron chi connectivity index (χ1n) is 5.93. The van der Waals surface area contributed by atoms with Gasteiger partial charge in [0.15, 0.2) is 0 Å². The summed E-state index contributed by atoms with van der Waals surface area (Å²) >= 11 is 0. The maximum Gasteiger partial charge on any atom is 0.304 e. The highest BCUT2D eigenvalue weighted by molar-refractivity contribution is 5.77. The van der Waals surface area contributed by atoms with Gasteiger partial charge in [-0.1, -0.05) is 6.07 Å². The number of nitro groups is 1. The normalized spacial score (nSPS) is 10.3. The van der Waals surface area contributed by atoms with E-state index >= 15 is 0 Å². The number of nitrogens with zero attached hydrogens (tertiary/aromatic N) is 1. The molecule has 2 N–H and O–H groups in total. The second kappa shape index (κ2) is 8.18. The molecule has 20 heavy (non-hydrogen) atoms. The molecule has 7 nitrogen and oxygen atoms in total. The van der Waals surface area contributed by atoms with E-state index in [1.165, 1.54) is 13.2 Å². The number of methoxy groups -OCH3 is 1. The second-order valence-electron chi connectivity index (χ2n) is 3.99. The molecule has 110 valence electrons. The molecule has 0 heterocycles. The maximum atomic E-state index is 13.3. The van der Waals surface area contributed by atoms with Crippen LogP contribution in [0.2, 0.25) is 0 Å². The Bertz CT molecular complexity index is 482. The van der Waals surface area contributed by atoms with E-state index in [9.17, 15) is 19.3 Å². The number of hydrogen-bond acceptors (Lipinski definition) is 5. The molecular weight excluding hydrogens is 269 g/mol. The first kappa shape index (κ1) is 16.0. The standard InChI is InChI=1S/C12H16FN3O4/c1-20-5-4-15-12(17)8-14-7-9-2-3-11(16(18)19)10(13)6-9/h2-3,6,14H,4-5,7-8H2,1H3,(H,15,17). The molecule has 0 aromatic heterocycles. The van der Waals surface area contributed by atoms with Crippen LogP contribution in [0.1, 0.15) is 5.56 Å². The molecule has 0 saturated heterocycles. The van der Waals surface area contributed by atoms with Gasteiger partial charge in [-0.2, -0.15) is 4.39 Å². The third-order valence-electron chi connectivity index (χ3n) is 2.45. The number of nitrogens with one attached hydrogen (secondary N) is 2. The van der Waals surface area contributed by atoms with Crippen molar-refractivity contribution in [1.29, 1.82) is 0 Å². The van der Waals surface area contributed by atoms with Crippen molar-refractivity contribution in [3.8, 4) is 0 Å². The molecule has 1 aromatic rings. The van der Waals surface area contributed by atoms with Crippen LogP contribution in [0.4, 0.5) is 10.1 Å². The summed E-state index contributed by atoms with van der Waals surface area (Å²) < 4.78 is 18.1. The Labute approximate surface area is 115 Å². The number of rotatable bonds is 8. The van der Waals surface area contributed by atoms with E-state index in [-0.39, 0.29) is 19.0 Å².